The molecule has 0 amide bonds. The lowest BCUT2D eigenvalue weighted by atomic mass is 9.84. The van der Waals surface area contributed by atoms with Gasteiger partial charge in [0.1, 0.15) is 0 Å². The van der Waals surface area contributed by atoms with E-state index < -0.39 is 0 Å². The van der Waals surface area contributed by atoms with Crippen LogP contribution in [0.15, 0.2) is 18.3 Å². The van der Waals surface area contributed by atoms with Crippen molar-refractivity contribution in [2.75, 3.05) is 6.54 Å². The number of aromatic nitrogens is 1. The lowest BCUT2D eigenvalue weighted by molar-refractivity contribution is 0.370. The molecule has 1 N–H and O–H groups in total. The minimum Gasteiger partial charge on any atom is -0.314 e. The van der Waals surface area contributed by atoms with Gasteiger partial charge in [0.15, 0.2) is 0 Å². The molecule has 96 valence electrons. The highest BCUT2D eigenvalue weighted by molar-refractivity contribution is 5.23. The van der Waals surface area contributed by atoms with Crippen LogP contribution >= 0.6 is 0 Å². The first-order valence-electron chi connectivity index (χ1n) is 6.72. The van der Waals surface area contributed by atoms with Gasteiger partial charge in [-0.15, -0.1) is 0 Å². The second-order valence-corrected chi connectivity index (χ2v) is 5.22. The highest BCUT2D eigenvalue weighted by Gasteiger charge is 2.24. The summed E-state index contributed by atoms with van der Waals surface area (Å²) < 4.78 is 0. The van der Waals surface area contributed by atoms with Gasteiger partial charge in [0.2, 0.25) is 0 Å². The van der Waals surface area contributed by atoms with E-state index in [1.54, 1.807) is 0 Å². The van der Waals surface area contributed by atoms with Crippen molar-refractivity contribution in [3.05, 3.63) is 29.6 Å². The van der Waals surface area contributed by atoms with Crippen molar-refractivity contribution in [3.8, 4) is 0 Å². The molecule has 2 heteroatoms. The van der Waals surface area contributed by atoms with Crippen molar-refractivity contribution < 1.29 is 0 Å². The third kappa shape index (κ3) is 3.81. The van der Waals surface area contributed by atoms with Gasteiger partial charge >= 0.3 is 0 Å². The van der Waals surface area contributed by atoms with Crippen LogP contribution in [0, 0.1) is 12.8 Å². The van der Waals surface area contributed by atoms with Crippen molar-refractivity contribution in [2.45, 2.75) is 53.0 Å². The Bertz CT molecular complexity index is 333. The Morgan fingerprint density at radius 2 is 2.00 bits per heavy atom. The molecule has 0 saturated heterocycles. The largest absolute Gasteiger partial charge is 0.314 e. The summed E-state index contributed by atoms with van der Waals surface area (Å²) in [6.45, 7) is 12.3. The van der Waals surface area contributed by atoms with Gasteiger partial charge in [0, 0.05) is 23.9 Å². The fourth-order valence-corrected chi connectivity index (χ4v) is 2.48. The molecule has 0 aliphatic heterocycles. The van der Waals surface area contributed by atoms with Crippen LogP contribution in [-0.2, 0) is 0 Å². The Hall–Kier alpha value is -0.890. The summed E-state index contributed by atoms with van der Waals surface area (Å²) in [5.41, 5.74) is 2.55. The van der Waals surface area contributed by atoms with Crippen LogP contribution < -0.4 is 5.32 Å². The van der Waals surface area contributed by atoms with Crippen LogP contribution in [0.25, 0.3) is 0 Å². The van der Waals surface area contributed by atoms with Crippen molar-refractivity contribution in [2.24, 2.45) is 5.92 Å². The summed E-state index contributed by atoms with van der Waals surface area (Å²) in [5, 5.41) is 3.60. The van der Waals surface area contributed by atoms with Gasteiger partial charge < -0.3 is 5.32 Å². The fraction of sp³-hybridized carbons (Fsp3) is 0.667. The Labute approximate surface area is 106 Å². The predicted molar refractivity (Wildman–Crippen MR) is 74.3 cm³/mol. The second kappa shape index (κ2) is 6.75. The Kier molecular flexibility index (Phi) is 5.63. The summed E-state index contributed by atoms with van der Waals surface area (Å²) in [7, 11) is 0. The Morgan fingerprint density at radius 3 is 2.53 bits per heavy atom. The molecule has 2 unspecified atom stereocenters. The van der Waals surface area contributed by atoms with Gasteiger partial charge in [0.05, 0.1) is 0 Å². The summed E-state index contributed by atoms with van der Waals surface area (Å²) in [6, 6.07) is 4.65. The number of pyridine rings is 1. The van der Waals surface area contributed by atoms with Crippen LogP contribution in [0.1, 0.15) is 51.3 Å². The smallest absolute Gasteiger partial charge is 0.0481 e. The first kappa shape index (κ1) is 14.2. The van der Waals surface area contributed by atoms with Crippen molar-refractivity contribution in [3.63, 3.8) is 0 Å². The minimum atomic E-state index is 0.476. The van der Waals surface area contributed by atoms with E-state index in [2.05, 4.69) is 51.0 Å². The third-order valence-electron chi connectivity index (χ3n) is 3.34. The molecular weight excluding hydrogens is 208 g/mol. The van der Waals surface area contributed by atoms with Crippen molar-refractivity contribution in [1.29, 1.82) is 0 Å². The molecule has 17 heavy (non-hydrogen) atoms. The monoisotopic (exact) mass is 234 g/mol. The molecular formula is C15H26N2. The molecule has 0 aliphatic carbocycles. The number of nitrogens with one attached hydrogen (secondary N) is 1. The quantitative estimate of drug-likeness (QED) is 0.814. The molecule has 1 heterocycles. The van der Waals surface area contributed by atoms with Crippen LogP contribution in [0.3, 0.4) is 0 Å². The van der Waals surface area contributed by atoms with E-state index in [9.17, 15) is 0 Å². The molecule has 0 bridgehead atoms. The topological polar surface area (TPSA) is 24.9 Å². The van der Waals surface area contributed by atoms with Gasteiger partial charge in [0.25, 0.3) is 0 Å². The summed E-state index contributed by atoms with van der Waals surface area (Å²) in [5.74, 6) is 1.09. The van der Waals surface area contributed by atoms with Crippen molar-refractivity contribution in [1.82, 2.24) is 10.3 Å². The molecule has 2 atom stereocenters. The molecule has 1 aromatic rings. The highest BCUT2D eigenvalue weighted by Crippen LogP contribution is 2.28. The van der Waals surface area contributed by atoms with Gasteiger partial charge in [-0.05, 0) is 44.4 Å². The SMILES string of the molecule is CCCNC(C)C(c1ncccc1C)C(C)C. The third-order valence-corrected chi connectivity index (χ3v) is 3.34. The van der Waals surface area contributed by atoms with Crippen LogP contribution in [-0.4, -0.2) is 17.6 Å². The van der Waals surface area contributed by atoms with E-state index in [1.807, 2.05) is 12.3 Å². The van der Waals surface area contributed by atoms with Gasteiger partial charge in [-0.3, -0.25) is 4.98 Å². The maximum atomic E-state index is 4.59. The molecule has 0 saturated carbocycles. The first-order chi connectivity index (χ1) is 8.07. The number of rotatable bonds is 6. The van der Waals surface area contributed by atoms with E-state index in [4.69, 9.17) is 0 Å². The van der Waals surface area contributed by atoms with Gasteiger partial charge in [-0.1, -0.05) is 26.8 Å². The van der Waals surface area contributed by atoms with Crippen LogP contribution in [0.5, 0.6) is 0 Å². The Balaban J connectivity index is 2.89. The zero-order valence-electron chi connectivity index (χ0n) is 11.8. The molecule has 0 fully saturated rings. The molecule has 0 aromatic carbocycles. The number of aryl methyl sites for hydroxylation is 1. The summed E-state index contributed by atoms with van der Waals surface area (Å²) in [4.78, 5) is 4.59. The van der Waals surface area contributed by atoms with Crippen molar-refractivity contribution >= 4 is 0 Å². The molecule has 0 radical (unpaired) electrons. The van der Waals surface area contributed by atoms with E-state index in [-0.39, 0.29) is 0 Å². The molecule has 2 nitrogen and oxygen atoms in total. The average molecular weight is 234 g/mol. The molecule has 0 aliphatic rings. The average Bonchev–Trinajstić information content (AvgIpc) is 2.29. The van der Waals surface area contributed by atoms with E-state index in [0.29, 0.717) is 17.9 Å². The maximum absolute atomic E-state index is 4.59. The normalized spacial score (nSPS) is 14.9. The van der Waals surface area contributed by atoms with E-state index >= 15 is 0 Å². The first-order valence-corrected chi connectivity index (χ1v) is 6.72. The summed E-state index contributed by atoms with van der Waals surface area (Å²) >= 11 is 0. The predicted octanol–water partition coefficient (Wildman–Crippen LogP) is 3.52. The minimum absolute atomic E-state index is 0.476. The van der Waals surface area contributed by atoms with Gasteiger partial charge in [-0.25, -0.2) is 0 Å². The van der Waals surface area contributed by atoms with Crippen LogP contribution in [0.2, 0.25) is 0 Å². The second-order valence-electron chi connectivity index (χ2n) is 5.22. The molecule has 1 aromatic heterocycles. The van der Waals surface area contributed by atoms with E-state index in [1.165, 1.54) is 17.7 Å². The van der Waals surface area contributed by atoms with Gasteiger partial charge in [-0.2, -0.15) is 0 Å². The summed E-state index contributed by atoms with van der Waals surface area (Å²) in [6.07, 6.45) is 3.08. The zero-order valence-corrected chi connectivity index (χ0v) is 11.8. The van der Waals surface area contributed by atoms with E-state index in [0.717, 1.165) is 6.54 Å². The number of nitrogens with zero attached hydrogens (tertiary/aromatic N) is 1. The lowest BCUT2D eigenvalue weighted by Crippen LogP contribution is -2.36. The molecule has 0 spiro atoms. The van der Waals surface area contributed by atoms with Crippen LogP contribution in [0.4, 0.5) is 0 Å². The Morgan fingerprint density at radius 1 is 1.29 bits per heavy atom. The standard InChI is InChI=1S/C15H26N2/c1-6-9-16-13(5)14(11(2)3)15-12(4)8-7-10-17-15/h7-8,10-11,13-14,16H,6,9H2,1-5H3. The zero-order chi connectivity index (χ0) is 12.8. The number of hydrogen-bond donors (Lipinski definition) is 1. The number of hydrogen-bond acceptors (Lipinski definition) is 2. The highest BCUT2D eigenvalue weighted by atomic mass is 14.9. The fourth-order valence-electron chi connectivity index (χ4n) is 2.48. The molecule has 1 rings (SSSR count). The maximum Gasteiger partial charge on any atom is 0.0481 e. The lowest BCUT2D eigenvalue weighted by Gasteiger charge is -2.29.